The Kier molecular flexibility index (Phi) is 5.31. The van der Waals surface area contributed by atoms with Crippen LogP contribution in [0.25, 0.3) is 10.4 Å². The van der Waals surface area contributed by atoms with Gasteiger partial charge in [-0.25, -0.2) is 4.98 Å². The Bertz CT molecular complexity index is 986. The molecule has 0 amide bonds. The predicted molar refractivity (Wildman–Crippen MR) is 113 cm³/mol. The van der Waals surface area contributed by atoms with Crippen molar-refractivity contribution in [2.24, 2.45) is 0 Å². The first-order chi connectivity index (χ1) is 13.2. The number of fused-ring (bicyclic) bond motifs is 1. The topological polar surface area (TPSA) is 39.9 Å². The van der Waals surface area contributed by atoms with Crippen LogP contribution in [0, 0.1) is 18.3 Å². The maximum atomic E-state index is 9.99. The molecular formula is C22H21N3S2. The molecule has 0 fully saturated rings. The molecule has 1 aliphatic heterocycles. The van der Waals surface area contributed by atoms with E-state index in [1.165, 1.54) is 16.7 Å². The zero-order valence-electron chi connectivity index (χ0n) is 15.5. The largest absolute Gasteiger partial charge is 0.302 e. The van der Waals surface area contributed by atoms with Crippen LogP contribution in [0.1, 0.15) is 27.9 Å². The maximum absolute atomic E-state index is 9.99. The molecule has 1 aliphatic rings. The molecule has 3 nitrogen and oxygen atoms in total. The molecule has 2 aromatic heterocycles. The van der Waals surface area contributed by atoms with Gasteiger partial charge in [-0.2, -0.15) is 5.26 Å². The van der Waals surface area contributed by atoms with Crippen LogP contribution < -0.4 is 0 Å². The molecule has 1 aromatic carbocycles. The van der Waals surface area contributed by atoms with E-state index in [4.69, 9.17) is 4.98 Å². The highest BCUT2D eigenvalue weighted by Gasteiger charge is 2.25. The summed E-state index contributed by atoms with van der Waals surface area (Å²) < 4.78 is 0. The van der Waals surface area contributed by atoms with E-state index in [0.29, 0.717) is 0 Å². The number of aromatic nitrogens is 1. The van der Waals surface area contributed by atoms with Crippen molar-refractivity contribution < 1.29 is 0 Å². The number of nitrogens with zero attached hydrogens (tertiary/aromatic N) is 3. The van der Waals surface area contributed by atoms with Crippen molar-refractivity contribution in [3.8, 4) is 16.5 Å². The summed E-state index contributed by atoms with van der Waals surface area (Å²) in [6.07, 6.45) is 0.939. The van der Waals surface area contributed by atoms with Crippen LogP contribution in [-0.2, 0) is 18.7 Å². The van der Waals surface area contributed by atoms with Crippen molar-refractivity contribution in [1.29, 1.82) is 5.26 Å². The number of aryl methyl sites for hydroxylation is 1. The molecule has 3 aromatic rings. The standard InChI is InChI=1S/C22H21N3S2/c1-15-5-7-16(8-6-15)14-27-22-17(12-23)21(20-4-3-11-26-20)18-13-25(2)10-9-19(18)24-22/h3-8,11H,9-10,13-14H2,1-2H3. The van der Waals surface area contributed by atoms with Crippen LogP contribution in [0.15, 0.2) is 46.8 Å². The highest BCUT2D eigenvalue weighted by Crippen LogP contribution is 2.39. The smallest absolute Gasteiger partial charge is 0.115 e. The minimum absolute atomic E-state index is 0.726. The third-order valence-corrected chi connectivity index (χ3v) is 6.82. The van der Waals surface area contributed by atoms with Crippen molar-refractivity contribution in [2.45, 2.75) is 30.7 Å². The van der Waals surface area contributed by atoms with Gasteiger partial charge in [-0.1, -0.05) is 35.9 Å². The number of rotatable bonds is 4. The fourth-order valence-corrected chi connectivity index (χ4v) is 5.17. The molecule has 5 heteroatoms. The SMILES string of the molecule is Cc1ccc(CSc2nc3c(c(-c4cccs4)c2C#N)CN(C)CC3)cc1. The van der Waals surface area contributed by atoms with Gasteiger partial charge in [0.05, 0.1) is 5.56 Å². The van der Waals surface area contributed by atoms with Gasteiger partial charge in [-0.05, 0) is 36.5 Å². The molecule has 0 atom stereocenters. The number of hydrogen-bond acceptors (Lipinski definition) is 5. The first-order valence-electron chi connectivity index (χ1n) is 9.02. The Labute approximate surface area is 168 Å². The minimum atomic E-state index is 0.726. The summed E-state index contributed by atoms with van der Waals surface area (Å²) in [7, 11) is 2.13. The van der Waals surface area contributed by atoms with E-state index >= 15 is 0 Å². The van der Waals surface area contributed by atoms with E-state index in [1.54, 1.807) is 23.1 Å². The third kappa shape index (κ3) is 3.79. The molecule has 0 bridgehead atoms. The number of thioether (sulfide) groups is 1. The van der Waals surface area contributed by atoms with Gasteiger partial charge < -0.3 is 4.90 Å². The predicted octanol–water partition coefficient (Wildman–Crippen LogP) is 5.27. The summed E-state index contributed by atoms with van der Waals surface area (Å²) in [6.45, 7) is 3.96. The van der Waals surface area contributed by atoms with E-state index in [0.717, 1.165) is 52.0 Å². The van der Waals surface area contributed by atoms with E-state index in [-0.39, 0.29) is 0 Å². The summed E-state index contributed by atoms with van der Waals surface area (Å²) in [4.78, 5) is 8.41. The fourth-order valence-electron chi connectivity index (χ4n) is 3.41. The Balaban J connectivity index is 1.76. The van der Waals surface area contributed by atoms with Gasteiger partial charge in [0.15, 0.2) is 0 Å². The summed E-state index contributed by atoms with van der Waals surface area (Å²) in [6, 6.07) is 15.2. The molecule has 0 N–H and O–H groups in total. The lowest BCUT2D eigenvalue weighted by Crippen LogP contribution is -2.28. The Hall–Kier alpha value is -2.13. The van der Waals surface area contributed by atoms with Gasteiger partial charge in [0.2, 0.25) is 0 Å². The molecule has 0 spiro atoms. The zero-order chi connectivity index (χ0) is 18.8. The molecule has 4 rings (SSSR count). The molecule has 0 radical (unpaired) electrons. The van der Waals surface area contributed by atoms with Gasteiger partial charge in [0.1, 0.15) is 11.1 Å². The number of pyridine rings is 1. The normalized spacial score (nSPS) is 14.0. The summed E-state index contributed by atoms with van der Waals surface area (Å²) in [5.74, 6) is 0.824. The van der Waals surface area contributed by atoms with Crippen LogP contribution in [0.3, 0.4) is 0 Å². The van der Waals surface area contributed by atoms with Gasteiger partial charge >= 0.3 is 0 Å². The molecule has 27 heavy (non-hydrogen) atoms. The Morgan fingerprint density at radius 1 is 1.26 bits per heavy atom. The van der Waals surface area contributed by atoms with Crippen LogP contribution in [0.5, 0.6) is 0 Å². The lowest BCUT2D eigenvalue weighted by Gasteiger charge is -2.27. The zero-order valence-corrected chi connectivity index (χ0v) is 17.2. The van der Waals surface area contributed by atoms with E-state index in [9.17, 15) is 5.26 Å². The second-order valence-corrected chi connectivity index (χ2v) is 8.86. The van der Waals surface area contributed by atoms with Crippen molar-refractivity contribution in [3.05, 3.63) is 69.7 Å². The van der Waals surface area contributed by atoms with E-state index in [1.807, 2.05) is 0 Å². The van der Waals surface area contributed by atoms with Gasteiger partial charge in [0.25, 0.3) is 0 Å². The Morgan fingerprint density at radius 3 is 2.78 bits per heavy atom. The number of hydrogen-bond donors (Lipinski definition) is 0. The average Bonchev–Trinajstić information content (AvgIpc) is 3.20. The molecule has 3 heterocycles. The lowest BCUT2D eigenvalue weighted by atomic mass is 9.96. The second kappa shape index (κ2) is 7.85. The van der Waals surface area contributed by atoms with Crippen LogP contribution in [0.4, 0.5) is 0 Å². The lowest BCUT2D eigenvalue weighted by molar-refractivity contribution is 0.310. The summed E-state index contributed by atoms with van der Waals surface area (Å²) >= 11 is 3.37. The number of thiophene rings is 1. The van der Waals surface area contributed by atoms with Crippen LogP contribution in [-0.4, -0.2) is 23.5 Å². The number of nitriles is 1. The first-order valence-corrected chi connectivity index (χ1v) is 10.9. The van der Waals surface area contributed by atoms with Crippen LogP contribution >= 0.6 is 23.1 Å². The molecule has 0 saturated carbocycles. The van der Waals surface area contributed by atoms with Crippen molar-refractivity contribution >= 4 is 23.1 Å². The molecular weight excluding hydrogens is 370 g/mol. The van der Waals surface area contributed by atoms with Gasteiger partial charge in [-0.15, -0.1) is 23.1 Å². The highest BCUT2D eigenvalue weighted by atomic mass is 32.2. The molecule has 136 valence electrons. The monoisotopic (exact) mass is 391 g/mol. The molecule has 0 saturated heterocycles. The van der Waals surface area contributed by atoms with Crippen molar-refractivity contribution in [3.63, 3.8) is 0 Å². The average molecular weight is 392 g/mol. The fraction of sp³-hybridized carbons (Fsp3) is 0.273. The number of benzene rings is 1. The second-order valence-electron chi connectivity index (χ2n) is 6.94. The van der Waals surface area contributed by atoms with Crippen LogP contribution in [0.2, 0.25) is 0 Å². The third-order valence-electron chi connectivity index (χ3n) is 4.88. The number of likely N-dealkylation sites (N-methyl/N-ethyl adjacent to an activating group) is 1. The quantitative estimate of drug-likeness (QED) is 0.568. The maximum Gasteiger partial charge on any atom is 0.115 e. The summed E-state index contributed by atoms with van der Waals surface area (Å²) in [5.41, 5.74) is 6.72. The van der Waals surface area contributed by atoms with Gasteiger partial charge in [-0.3, -0.25) is 0 Å². The Morgan fingerprint density at radius 2 is 2.07 bits per heavy atom. The highest BCUT2D eigenvalue weighted by molar-refractivity contribution is 7.98. The summed E-state index contributed by atoms with van der Waals surface area (Å²) in [5, 5.41) is 12.9. The van der Waals surface area contributed by atoms with Crippen molar-refractivity contribution in [1.82, 2.24) is 9.88 Å². The van der Waals surface area contributed by atoms with Gasteiger partial charge in [0, 0.05) is 41.4 Å². The first kappa shape index (κ1) is 18.2. The van der Waals surface area contributed by atoms with E-state index < -0.39 is 0 Å². The van der Waals surface area contributed by atoms with Crippen molar-refractivity contribution in [2.75, 3.05) is 13.6 Å². The molecule has 0 unspecified atom stereocenters. The molecule has 0 aliphatic carbocycles. The van der Waals surface area contributed by atoms with E-state index in [2.05, 4.69) is 66.7 Å². The minimum Gasteiger partial charge on any atom is -0.302 e.